The number of aromatic nitrogens is 2. The summed E-state index contributed by atoms with van der Waals surface area (Å²) in [4.78, 5) is 9.18. The number of para-hydroxylation sites is 1. The Kier molecular flexibility index (Phi) is 9.72. The number of fused-ring (bicyclic) bond motifs is 3. The van der Waals surface area contributed by atoms with Crippen LogP contribution in [0.15, 0.2) is 150 Å². The Morgan fingerprint density at radius 1 is 0.731 bits per heavy atom. The fourth-order valence-corrected chi connectivity index (χ4v) is 8.09. The topological polar surface area (TPSA) is 38.9 Å². The molecule has 0 unspecified atom stereocenters. The molecule has 0 atom stereocenters. The number of benzene rings is 5. The largest absolute Gasteiger partial charge is 0.501 e. The van der Waals surface area contributed by atoms with Crippen molar-refractivity contribution in [1.29, 1.82) is 0 Å². The van der Waals surface area contributed by atoms with Crippen LogP contribution in [0.2, 0.25) is 19.6 Å². The third-order valence-electron chi connectivity index (χ3n) is 9.43. The molecule has 5 heteroatoms. The first-order valence-electron chi connectivity index (χ1n) is 18.7. The third kappa shape index (κ3) is 7.49. The van der Waals surface area contributed by atoms with E-state index in [0.29, 0.717) is 5.56 Å². The zero-order valence-corrected chi connectivity index (χ0v) is 33.4. The summed E-state index contributed by atoms with van der Waals surface area (Å²) in [7, 11) is -1.57. The summed E-state index contributed by atoms with van der Waals surface area (Å²) in [5, 5.41) is 3.58. The summed E-state index contributed by atoms with van der Waals surface area (Å²) in [6.45, 7) is 9.34. The van der Waals surface area contributed by atoms with Crippen LogP contribution in [0.4, 0.5) is 0 Å². The summed E-state index contributed by atoms with van der Waals surface area (Å²) in [5.41, 5.74) is 10.1. The Bertz CT molecular complexity index is 2530. The van der Waals surface area contributed by atoms with Gasteiger partial charge in [-0.15, -0.1) is 53.1 Å². The molecule has 0 aliphatic heterocycles. The van der Waals surface area contributed by atoms with Gasteiger partial charge < -0.3 is 14.4 Å². The summed E-state index contributed by atoms with van der Waals surface area (Å²) < 4.78 is 28.8. The van der Waals surface area contributed by atoms with Crippen molar-refractivity contribution in [3.05, 3.63) is 175 Å². The van der Waals surface area contributed by atoms with E-state index in [9.17, 15) is 0 Å². The molecule has 0 aliphatic rings. The summed E-state index contributed by atoms with van der Waals surface area (Å²) >= 11 is 0. The van der Waals surface area contributed by atoms with E-state index in [1.165, 1.54) is 27.4 Å². The number of hydrogen-bond donors (Lipinski definition) is 0. The van der Waals surface area contributed by atoms with Crippen molar-refractivity contribution in [3.8, 4) is 33.6 Å². The molecule has 8 aromatic rings. The molecule has 52 heavy (non-hydrogen) atoms. The Morgan fingerprint density at radius 3 is 2.12 bits per heavy atom. The monoisotopic (exact) mass is 874 g/mol. The first-order chi connectivity index (χ1) is 25.8. The first-order valence-corrected chi connectivity index (χ1v) is 20.7. The van der Waals surface area contributed by atoms with E-state index in [-0.39, 0.29) is 25.5 Å². The number of rotatable bonds is 6. The molecule has 0 saturated heterocycles. The van der Waals surface area contributed by atoms with Crippen molar-refractivity contribution in [2.75, 3.05) is 0 Å². The fourth-order valence-electron chi connectivity index (χ4n) is 6.62. The number of hydrogen-bond acceptors (Lipinski definition) is 3. The van der Waals surface area contributed by atoms with Gasteiger partial charge in [0.1, 0.15) is 5.58 Å². The third-order valence-corrected chi connectivity index (χ3v) is 11.4. The van der Waals surface area contributed by atoms with E-state index in [0.717, 1.165) is 44.5 Å². The molecule has 8 rings (SSSR count). The van der Waals surface area contributed by atoms with E-state index >= 15 is 0 Å². The van der Waals surface area contributed by atoms with E-state index in [2.05, 4.69) is 122 Å². The molecule has 1 radical (unpaired) electrons. The average Bonchev–Trinajstić information content (AvgIpc) is 3.58. The molecule has 0 fully saturated rings. The fraction of sp³-hybridized carbons (Fsp3) is 0.149. The van der Waals surface area contributed by atoms with E-state index in [1.54, 1.807) is 24.4 Å². The standard InChI is InChI=1S/C26H20NO.C21H22NSi.Ir/c1-26(2,18-10-4-3-5-11-18)21-16-15-19(22-13-8-9-17-27-22)25-24(21)20-12-6-7-14-23(20)28-25;1-16-10-12-18(13-11-16)20-14-19(17-8-6-5-7-9-17)21(15-22-20)23(2,3)4;/h3-14,16-17H,1-2H3;5-12,14-15H,1-4H3;/q2*-1;/i;1D3;. The smallest absolute Gasteiger partial charge is 0.120 e. The molecule has 0 saturated carbocycles. The normalized spacial score (nSPS) is 12.6. The maximum Gasteiger partial charge on any atom is 0.120 e. The van der Waals surface area contributed by atoms with Crippen molar-refractivity contribution >= 4 is 35.2 Å². The Balaban J connectivity index is 0.000000184. The molecule has 261 valence electrons. The molecule has 0 N–H and O–H groups in total. The Labute approximate surface area is 326 Å². The Hall–Kier alpha value is -4.93. The second kappa shape index (κ2) is 15.4. The van der Waals surface area contributed by atoms with Crippen molar-refractivity contribution in [2.45, 2.75) is 45.8 Å². The molecule has 0 amide bonds. The van der Waals surface area contributed by atoms with Crippen LogP contribution in [-0.2, 0) is 25.5 Å². The van der Waals surface area contributed by atoms with Crippen LogP contribution in [0.25, 0.3) is 55.6 Å². The Morgan fingerprint density at radius 2 is 1.44 bits per heavy atom. The quantitative estimate of drug-likeness (QED) is 0.123. The minimum absolute atomic E-state index is 0. The van der Waals surface area contributed by atoms with Crippen molar-refractivity contribution in [2.24, 2.45) is 0 Å². The maximum absolute atomic E-state index is 7.49. The van der Waals surface area contributed by atoms with Crippen LogP contribution < -0.4 is 5.19 Å². The summed E-state index contributed by atoms with van der Waals surface area (Å²) in [6.07, 6.45) is 3.79. The van der Waals surface area contributed by atoms with E-state index in [1.807, 2.05) is 54.7 Å². The van der Waals surface area contributed by atoms with Gasteiger partial charge in [0.25, 0.3) is 0 Å². The van der Waals surface area contributed by atoms with Gasteiger partial charge in [-0.25, -0.2) is 0 Å². The molecule has 5 aromatic carbocycles. The molecule has 0 spiro atoms. The molecule has 3 aromatic heterocycles. The SMILES string of the molecule is CC(C)(c1ccccc1)c1c[c-]c(-c2ccccn2)c2oc3ccccc3c12.[2H]C([2H])([2H])c1c[c-]c(-c2cc(-c3ccccc3)c([Si](C)(C)C)cn2)cc1.[Ir]. The average molecular weight is 874 g/mol. The van der Waals surface area contributed by atoms with Crippen molar-refractivity contribution in [3.63, 3.8) is 0 Å². The van der Waals surface area contributed by atoms with Crippen LogP contribution in [0, 0.1) is 19.0 Å². The minimum Gasteiger partial charge on any atom is -0.501 e. The zero-order chi connectivity index (χ0) is 38.1. The predicted octanol–water partition coefficient (Wildman–Crippen LogP) is 11.8. The van der Waals surface area contributed by atoms with Gasteiger partial charge in [-0.05, 0) is 50.8 Å². The number of pyridine rings is 2. The van der Waals surface area contributed by atoms with Gasteiger partial charge in [0.05, 0.1) is 13.7 Å². The van der Waals surface area contributed by atoms with Crippen molar-refractivity contribution < 1.29 is 28.6 Å². The maximum atomic E-state index is 7.49. The predicted molar refractivity (Wildman–Crippen MR) is 216 cm³/mol. The van der Waals surface area contributed by atoms with Gasteiger partial charge in [-0.3, -0.25) is 0 Å². The minimum atomic E-state index is -2.11. The molecule has 0 aliphatic carbocycles. The summed E-state index contributed by atoms with van der Waals surface area (Å²) in [6, 6.07) is 50.8. The van der Waals surface area contributed by atoms with Crippen molar-refractivity contribution in [1.82, 2.24) is 9.97 Å². The second-order valence-corrected chi connectivity index (χ2v) is 19.3. The molecule has 3 heterocycles. The van der Waals surface area contributed by atoms with Crippen LogP contribution >= 0.6 is 0 Å². The van der Waals surface area contributed by atoms with Crippen LogP contribution in [0.3, 0.4) is 0 Å². The van der Waals surface area contributed by atoms with Gasteiger partial charge in [-0.1, -0.05) is 148 Å². The van der Waals surface area contributed by atoms with Gasteiger partial charge in [-0.2, -0.15) is 0 Å². The van der Waals surface area contributed by atoms with Gasteiger partial charge >= 0.3 is 0 Å². The molecular formula is C47H42IrN2OSi-2. The van der Waals surface area contributed by atoms with E-state index in [4.69, 9.17) is 8.53 Å². The van der Waals surface area contributed by atoms with Gasteiger partial charge in [0.15, 0.2) is 0 Å². The van der Waals surface area contributed by atoms with E-state index < -0.39 is 14.9 Å². The second-order valence-electron chi connectivity index (χ2n) is 14.3. The van der Waals surface area contributed by atoms with Gasteiger partial charge in [0, 0.05) is 42.0 Å². The van der Waals surface area contributed by atoms with Crippen LogP contribution in [0.1, 0.15) is 34.7 Å². The zero-order valence-electron chi connectivity index (χ0n) is 33.0. The number of furan rings is 1. The number of nitrogens with zero attached hydrogens (tertiary/aromatic N) is 2. The van der Waals surface area contributed by atoms with Gasteiger partial charge in [0.2, 0.25) is 0 Å². The number of aryl methyl sites for hydroxylation is 1. The van der Waals surface area contributed by atoms with Crippen LogP contribution in [-0.4, -0.2) is 18.0 Å². The molecular weight excluding hydrogens is 829 g/mol. The first kappa shape index (κ1) is 32.9. The summed E-state index contributed by atoms with van der Waals surface area (Å²) in [5.74, 6) is 0. The van der Waals surface area contributed by atoms with Crippen LogP contribution in [0.5, 0.6) is 0 Å². The molecule has 3 nitrogen and oxygen atoms in total. The molecule has 0 bridgehead atoms.